The summed E-state index contributed by atoms with van der Waals surface area (Å²) in [6.45, 7) is 3.75. The Morgan fingerprint density at radius 3 is 2.81 bits per heavy atom. The Labute approximate surface area is 95.6 Å². The molecule has 1 rings (SSSR count). The third-order valence-electron chi connectivity index (χ3n) is 2.98. The van der Waals surface area contributed by atoms with Crippen molar-refractivity contribution in [3.05, 3.63) is 0 Å². The monoisotopic (exact) mass is 228 g/mol. The topological polar surface area (TPSA) is 78.4 Å². The standard InChI is InChI=1S/C11H20N2O3/c1-2-9(11(15)16)13-10(14)4-3-8-5-6-12-7-8/h8-9,12H,2-7H2,1H3,(H,13,14)(H,15,16)/t8?,9-/m0/s1. The van der Waals surface area contributed by atoms with Gasteiger partial charge in [-0.05, 0) is 38.3 Å². The highest BCUT2D eigenvalue weighted by atomic mass is 16.4. The second-order valence-electron chi connectivity index (χ2n) is 4.26. The van der Waals surface area contributed by atoms with E-state index in [-0.39, 0.29) is 5.91 Å². The summed E-state index contributed by atoms with van der Waals surface area (Å²) in [6.07, 6.45) is 2.81. The van der Waals surface area contributed by atoms with Crippen LogP contribution in [0.25, 0.3) is 0 Å². The van der Waals surface area contributed by atoms with Gasteiger partial charge in [0.2, 0.25) is 5.91 Å². The molecule has 1 heterocycles. The maximum atomic E-state index is 11.5. The molecule has 0 saturated carbocycles. The Kier molecular flexibility index (Phi) is 5.25. The van der Waals surface area contributed by atoms with E-state index >= 15 is 0 Å². The van der Waals surface area contributed by atoms with Gasteiger partial charge in [-0.25, -0.2) is 4.79 Å². The fourth-order valence-corrected chi connectivity index (χ4v) is 1.90. The van der Waals surface area contributed by atoms with Gasteiger partial charge in [-0.15, -0.1) is 0 Å². The predicted molar refractivity (Wildman–Crippen MR) is 60.1 cm³/mol. The molecule has 2 atom stereocenters. The summed E-state index contributed by atoms with van der Waals surface area (Å²) in [5.74, 6) is -0.546. The molecule has 1 amide bonds. The SMILES string of the molecule is CC[C@H](NC(=O)CCC1CCNC1)C(=O)O. The van der Waals surface area contributed by atoms with Crippen molar-refractivity contribution in [2.75, 3.05) is 13.1 Å². The van der Waals surface area contributed by atoms with Gasteiger partial charge in [-0.2, -0.15) is 0 Å². The summed E-state index contributed by atoms with van der Waals surface area (Å²) < 4.78 is 0. The van der Waals surface area contributed by atoms with Gasteiger partial charge in [0.05, 0.1) is 0 Å². The van der Waals surface area contributed by atoms with Crippen molar-refractivity contribution >= 4 is 11.9 Å². The largest absolute Gasteiger partial charge is 0.480 e. The Bertz CT molecular complexity index is 250. The summed E-state index contributed by atoms with van der Waals surface area (Å²) in [6, 6.07) is -0.741. The molecule has 1 aliphatic heterocycles. The average Bonchev–Trinajstić information content (AvgIpc) is 2.75. The molecule has 1 unspecified atom stereocenters. The Hall–Kier alpha value is -1.10. The van der Waals surface area contributed by atoms with E-state index in [4.69, 9.17) is 5.11 Å². The van der Waals surface area contributed by atoms with Crippen LogP contribution in [0.1, 0.15) is 32.6 Å². The quantitative estimate of drug-likeness (QED) is 0.613. The molecule has 0 aromatic carbocycles. The van der Waals surface area contributed by atoms with Crippen LogP contribution in [-0.4, -0.2) is 36.1 Å². The zero-order valence-electron chi connectivity index (χ0n) is 9.66. The van der Waals surface area contributed by atoms with E-state index in [0.29, 0.717) is 18.8 Å². The van der Waals surface area contributed by atoms with Crippen LogP contribution < -0.4 is 10.6 Å². The number of rotatable bonds is 6. The number of nitrogens with one attached hydrogen (secondary N) is 2. The first kappa shape index (κ1) is 13.0. The molecule has 0 bridgehead atoms. The van der Waals surface area contributed by atoms with Crippen molar-refractivity contribution in [3.8, 4) is 0 Å². The molecule has 1 fully saturated rings. The van der Waals surface area contributed by atoms with E-state index in [2.05, 4.69) is 10.6 Å². The lowest BCUT2D eigenvalue weighted by Crippen LogP contribution is -2.40. The third kappa shape index (κ3) is 4.18. The number of hydrogen-bond acceptors (Lipinski definition) is 3. The van der Waals surface area contributed by atoms with Crippen LogP contribution in [0, 0.1) is 5.92 Å². The fourth-order valence-electron chi connectivity index (χ4n) is 1.90. The van der Waals surface area contributed by atoms with Crippen molar-refractivity contribution in [3.63, 3.8) is 0 Å². The second kappa shape index (κ2) is 6.48. The van der Waals surface area contributed by atoms with Gasteiger partial charge < -0.3 is 15.7 Å². The summed E-state index contributed by atoms with van der Waals surface area (Å²) in [5.41, 5.74) is 0. The van der Waals surface area contributed by atoms with Crippen molar-refractivity contribution in [2.24, 2.45) is 5.92 Å². The molecule has 0 aromatic heterocycles. The molecular weight excluding hydrogens is 208 g/mol. The average molecular weight is 228 g/mol. The van der Waals surface area contributed by atoms with E-state index in [1.165, 1.54) is 0 Å². The molecule has 5 nitrogen and oxygen atoms in total. The summed E-state index contributed by atoms with van der Waals surface area (Å²) in [5, 5.41) is 14.5. The smallest absolute Gasteiger partial charge is 0.326 e. The van der Waals surface area contributed by atoms with Crippen LogP contribution in [0.3, 0.4) is 0 Å². The fraction of sp³-hybridized carbons (Fsp3) is 0.818. The maximum Gasteiger partial charge on any atom is 0.326 e. The Morgan fingerprint density at radius 1 is 1.56 bits per heavy atom. The van der Waals surface area contributed by atoms with Gasteiger partial charge in [0.25, 0.3) is 0 Å². The molecule has 0 aliphatic carbocycles. The molecule has 5 heteroatoms. The van der Waals surface area contributed by atoms with E-state index in [1.54, 1.807) is 6.92 Å². The number of hydrogen-bond donors (Lipinski definition) is 3. The minimum atomic E-state index is -0.960. The number of aliphatic carboxylic acids is 1. The first-order chi connectivity index (χ1) is 7.63. The number of carboxylic acid groups (broad SMARTS) is 1. The predicted octanol–water partition coefficient (Wildman–Crippen LogP) is 0.355. The summed E-state index contributed by atoms with van der Waals surface area (Å²) in [7, 11) is 0. The zero-order valence-corrected chi connectivity index (χ0v) is 9.66. The molecule has 3 N–H and O–H groups in total. The molecule has 92 valence electrons. The van der Waals surface area contributed by atoms with E-state index < -0.39 is 12.0 Å². The van der Waals surface area contributed by atoms with E-state index in [9.17, 15) is 9.59 Å². The number of amides is 1. The highest BCUT2D eigenvalue weighted by Gasteiger charge is 2.19. The maximum absolute atomic E-state index is 11.5. The highest BCUT2D eigenvalue weighted by molar-refractivity contribution is 5.83. The molecular formula is C11H20N2O3. The second-order valence-corrected chi connectivity index (χ2v) is 4.26. The van der Waals surface area contributed by atoms with Crippen molar-refractivity contribution in [2.45, 2.75) is 38.6 Å². The van der Waals surface area contributed by atoms with Crippen LogP contribution in [0.4, 0.5) is 0 Å². The van der Waals surface area contributed by atoms with Gasteiger partial charge in [-0.1, -0.05) is 6.92 Å². The number of carbonyl (C=O) groups excluding carboxylic acids is 1. The zero-order chi connectivity index (χ0) is 12.0. The lowest BCUT2D eigenvalue weighted by molar-refractivity contribution is -0.141. The van der Waals surface area contributed by atoms with Crippen LogP contribution in [-0.2, 0) is 9.59 Å². The van der Waals surface area contributed by atoms with Crippen LogP contribution in [0.15, 0.2) is 0 Å². The number of carbonyl (C=O) groups is 2. The lowest BCUT2D eigenvalue weighted by atomic mass is 10.0. The first-order valence-electron chi connectivity index (χ1n) is 5.86. The summed E-state index contributed by atoms with van der Waals surface area (Å²) >= 11 is 0. The Balaban J connectivity index is 2.21. The van der Waals surface area contributed by atoms with E-state index in [0.717, 1.165) is 25.9 Å². The summed E-state index contributed by atoms with van der Waals surface area (Å²) in [4.78, 5) is 22.2. The van der Waals surface area contributed by atoms with Crippen LogP contribution in [0.5, 0.6) is 0 Å². The van der Waals surface area contributed by atoms with Crippen LogP contribution in [0.2, 0.25) is 0 Å². The van der Waals surface area contributed by atoms with Crippen molar-refractivity contribution in [1.29, 1.82) is 0 Å². The first-order valence-corrected chi connectivity index (χ1v) is 5.86. The third-order valence-corrected chi connectivity index (χ3v) is 2.98. The molecule has 0 spiro atoms. The van der Waals surface area contributed by atoms with E-state index in [1.807, 2.05) is 0 Å². The highest BCUT2D eigenvalue weighted by Crippen LogP contribution is 2.14. The molecule has 0 aromatic rings. The van der Waals surface area contributed by atoms with Gasteiger partial charge in [0, 0.05) is 6.42 Å². The van der Waals surface area contributed by atoms with Crippen LogP contribution >= 0.6 is 0 Å². The molecule has 16 heavy (non-hydrogen) atoms. The molecule has 0 radical (unpaired) electrons. The lowest BCUT2D eigenvalue weighted by Gasteiger charge is -2.13. The van der Waals surface area contributed by atoms with Gasteiger partial charge in [-0.3, -0.25) is 4.79 Å². The normalized spacial score (nSPS) is 21.7. The minimum Gasteiger partial charge on any atom is -0.480 e. The van der Waals surface area contributed by atoms with Crippen molar-refractivity contribution < 1.29 is 14.7 Å². The van der Waals surface area contributed by atoms with Crippen molar-refractivity contribution in [1.82, 2.24) is 10.6 Å². The van der Waals surface area contributed by atoms with Gasteiger partial charge in [0.1, 0.15) is 6.04 Å². The molecule has 1 saturated heterocycles. The Morgan fingerprint density at radius 2 is 2.31 bits per heavy atom. The molecule has 1 aliphatic rings. The van der Waals surface area contributed by atoms with Gasteiger partial charge >= 0.3 is 5.97 Å². The minimum absolute atomic E-state index is 0.152. The number of carboxylic acids is 1. The van der Waals surface area contributed by atoms with Gasteiger partial charge in [0.15, 0.2) is 0 Å².